The second kappa shape index (κ2) is 5.17. The fraction of sp³-hybridized carbons (Fsp3) is 0.400. The summed E-state index contributed by atoms with van der Waals surface area (Å²) >= 11 is 1.74. The Morgan fingerprint density at radius 3 is 3.00 bits per heavy atom. The summed E-state index contributed by atoms with van der Waals surface area (Å²) in [4.78, 5) is 1.30. The number of nitrogens with two attached hydrogens (primary N) is 1. The Bertz CT molecular complexity index is 254. The van der Waals surface area contributed by atoms with Crippen LogP contribution in [0.15, 0.2) is 29.7 Å². The number of hydrogen-bond donors (Lipinski definition) is 2. The average molecular weight is 196 g/mol. The van der Waals surface area contributed by atoms with Gasteiger partial charge in [-0.2, -0.15) is 0 Å². The van der Waals surface area contributed by atoms with Gasteiger partial charge in [-0.1, -0.05) is 11.6 Å². The summed E-state index contributed by atoms with van der Waals surface area (Å²) in [5.74, 6) is 5.48. The Balaban J connectivity index is 2.49. The zero-order valence-electron chi connectivity index (χ0n) is 7.92. The van der Waals surface area contributed by atoms with Gasteiger partial charge in [-0.3, -0.25) is 11.3 Å². The molecule has 72 valence electrons. The van der Waals surface area contributed by atoms with Gasteiger partial charge < -0.3 is 0 Å². The second-order valence-electron chi connectivity index (χ2n) is 3.23. The fourth-order valence-electron chi connectivity index (χ4n) is 1.19. The smallest absolute Gasteiger partial charge is 0.0556 e. The van der Waals surface area contributed by atoms with Gasteiger partial charge in [-0.05, 0) is 31.2 Å². The third kappa shape index (κ3) is 3.30. The first-order valence-electron chi connectivity index (χ1n) is 4.38. The largest absolute Gasteiger partial charge is 0.271 e. The molecule has 3 heteroatoms. The number of hydrazine groups is 1. The van der Waals surface area contributed by atoms with Crippen molar-refractivity contribution in [1.82, 2.24) is 5.43 Å². The molecule has 0 bridgehead atoms. The van der Waals surface area contributed by atoms with E-state index in [1.165, 1.54) is 10.5 Å². The molecule has 2 nitrogen and oxygen atoms in total. The van der Waals surface area contributed by atoms with E-state index in [-0.39, 0.29) is 6.04 Å². The zero-order valence-corrected chi connectivity index (χ0v) is 8.73. The minimum absolute atomic E-state index is 0.275. The van der Waals surface area contributed by atoms with E-state index in [4.69, 9.17) is 5.84 Å². The fourth-order valence-corrected chi connectivity index (χ4v) is 2.01. The van der Waals surface area contributed by atoms with Crippen LogP contribution in [0.25, 0.3) is 0 Å². The highest BCUT2D eigenvalue weighted by Crippen LogP contribution is 2.23. The first-order chi connectivity index (χ1) is 6.24. The molecule has 1 atom stereocenters. The first-order valence-corrected chi connectivity index (χ1v) is 5.26. The maximum atomic E-state index is 5.48. The minimum Gasteiger partial charge on any atom is -0.271 e. The van der Waals surface area contributed by atoms with E-state index >= 15 is 0 Å². The molecular weight excluding hydrogens is 180 g/mol. The number of nitrogens with one attached hydrogen (secondary N) is 1. The molecule has 0 fully saturated rings. The number of thiophene rings is 1. The summed E-state index contributed by atoms with van der Waals surface area (Å²) in [5, 5.41) is 2.07. The lowest BCUT2D eigenvalue weighted by molar-refractivity contribution is 0.523. The van der Waals surface area contributed by atoms with Crippen LogP contribution >= 0.6 is 11.3 Å². The SMILES string of the molecule is C=C(C)CCC(NN)c1cccs1. The van der Waals surface area contributed by atoms with Crippen LogP contribution in [0.3, 0.4) is 0 Å². The van der Waals surface area contributed by atoms with Crippen LogP contribution in [0.4, 0.5) is 0 Å². The maximum absolute atomic E-state index is 5.48. The number of hydrogen-bond acceptors (Lipinski definition) is 3. The molecule has 0 saturated heterocycles. The van der Waals surface area contributed by atoms with Crippen LogP contribution in [0, 0.1) is 0 Å². The van der Waals surface area contributed by atoms with Crippen molar-refractivity contribution in [2.24, 2.45) is 5.84 Å². The lowest BCUT2D eigenvalue weighted by atomic mass is 10.1. The van der Waals surface area contributed by atoms with Crippen molar-refractivity contribution in [3.8, 4) is 0 Å². The Labute approximate surface area is 83.4 Å². The molecule has 0 radical (unpaired) electrons. The maximum Gasteiger partial charge on any atom is 0.0556 e. The van der Waals surface area contributed by atoms with E-state index in [1.807, 2.05) is 13.0 Å². The zero-order chi connectivity index (χ0) is 9.68. The third-order valence-electron chi connectivity index (χ3n) is 1.95. The summed E-state index contributed by atoms with van der Waals surface area (Å²) in [6.07, 6.45) is 2.04. The molecular formula is C10H16N2S. The minimum atomic E-state index is 0.275. The van der Waals surface area contributed by atoms with E-state index in [9.17, 15) is 0 Å². The predicted molar refractivity (Wildman–Crippen MR) is 58.4 cm³/mol. The van der Waals surface area contributed by atoms with E-state index < -0.39 is 0 Å². The van der Waals surface area contributed by atoms with Gasteiger partial charge >= 0.3 is 0 Å². The number of rotatable bonds is 5. The summed E-state index contributed by atoms with van der Waals surface area (Å²) in [6, 6.07) is 4.43. The average Bonchev–Trinajstić information content (AvgIpc) is 2.58. The molecule has 0 spiro atoms. The monoisotopic (exact) mass is 196 g/mol. The second-order valence-corrected chi connectivity index (χ2v) is 4.21. The van der Waals surface area contributed by atoms with Gasteiger partial charge in [0.05, 0.1) is 6.04 Å². The van der Waals surface area contributed by atoms with Gasteiger partial charge in [-0.25, -0.2) is 0 Å². The van der Waals surface area contributed by atoms with Gasteiger partial charge in [0.25, 0.3) is 0 Å². The molecule has 1 rings (SSSR count). The van der Waals surface area contributed by atoms with E-state index in [2.05, 4.69) is 23.5 Å². The van der Waals surface area contributed by atoms with Crippen LogP contribution in [-0.4, -0.2) is 0 Å². The van der Waals surface area contributed by atoms with E-state index in [1.54, 1.807) is 11.3 Å². The summed E-state index contributed by atoms with van der Waals surface area (Å²) in [5.41, 5.74) is 4.03. The first kappa shape index (κ1) is 10.4. The van der Waals surface area contributed by atoms with Crippen LogP contribution in [-0.2, 0) is 0 Å². The lowest BCUT2D eigenvalue weighted by Gasteiger charge is -2.13. The van der Waals surface area contributed by atoms with Gasteiger partial charge in [0.1, 0.15) is 0 Å². The lowest BCUT2D eigenvalue weighted by Crippen LogP contribution is -2.27. The molecule has 0 aliphatic heterocycles. The van der Waals surface area contributed by atoms with Crippen molar-refractivity contribution in [3.05, 3.63) is 34.5 Å². The topological polar surface area (TPSA) is 38.0 Å². The van der Waals surface area contributed by atoms with Crippen LogP contribution in [0.2, 0.25) is 0 Å². The van der Waals surface area contributed by atoms with Gasteiger partial charge in [0, 0.05) is 4.88 Å². The highest BCUT2D eigenvalue weighted by Gasteiger charge is 2.09. The standard InChI is InChI=1S/C10H16N2S/c1-8(2)5-6-9(12-11)10-4-3-7-13-10/h3-4,7,9,12H,1,5-6,11H2,2H3. The van der Waals surface area contributed by atoms with Crippen molar-refractivity contribution in [2.45, 2.75) is 25.8 Å². The number of allylic oxidation sites excluding steroid dienone is 1. The summed E-state index contributed by atoms with van der Waals surface area (Å²) in [6.45, 7) is 5.92. The predicted octanol–water partition coefficient (Wildman–Crippen LogP) is 2.61. The molecule has 0 amide bonds. The Morgan fingerprint density at radius 1 is 1.77 bits per heavy atom. The molecule has 13 heavy (non-hydrogen) atoms. The summed E-state index contributed by atoms with van der Waals surface area (Å²) in [7, 11) is 0. The Morgan fingerprint density at radius 2 is 2.54 bits per heavy atom. The van der Waals surface area contributed by atoms with Crippen LogP contribution in [0.1, 0.15) is 30.7 Å². The molecule has 1 unspecified atom stereocenters. The molecule has 1 aromatic heterocycles. The summed E-state index contributed by atoms with van der Waals surface area (Å²) < 4.78 is 0. The van der Waals surface area contributed by atoms with Crippen LogP contribution in [0.5, 0.6) is 0 Å². The van der Waals surface area contributed by atoms with E-state index in [0.29, 0.717) is 0 Å². The Hall–Kier alpha value is -0.640. The highest BCUT2D eigenvalue weighted by molar-refractivity contribution is 7.10. The molecule has 0 saturated carbocycles. The molecule has 0 aromatic carbocycles. The molecule has 1 aromatic rings. The van der Waals surface area contributed by atoms with Crippen molar-refractivity contribution in [2.75, 3.05) is 0 Å². The molecule has 3 N–H and O–H groups in total. The van der Waals surface area contributed by atoms with Gasteiger partial charge in [-0.15, -0.1) is 17.9 Å². The molecule has 0 aliphatic carbocycles. The highest BCUT2D eigenvalue weighted by atomic mass is 32.1. The van der Waals surface area contributed by atoms with Crippen molar-refractivity contribution < 1.29 is 0 Å². The molecule has 1 heterocycles. The Kier molecular flexibility index (Phi) is 4.15. The quantitative estimate of drug-likeness (QED) is 0.431. The van der Waals surface area contributed by atoms with Crippen molar-refractivity contribution in [3.63, 3.8) is 0 Å². The van der Waals surface area contributed by atoms with Crippen molar-refractivity contribution in [1.29, 1.82) is 0 Å². The normalized spacial score (nSPS) is 12.8. The van der Waals surface area contributed by atoms with Gasteiger partial charge in [0.2, 0.25) is 0 Å². The van der Waals surface area contributed by atoms with Crippen molar-refractivity contribution >= 4 is 11.3 Å². The van der Waals surface area contributed by atoms with Crippen LogP contribution < -0.4 is 11.3 Å². The van der Waals surface area contributed by atoms with E-state index in [0.717, 1.165) is 12.8 Å². The van der Waals surface area contributed by atoms with Gasteiger partial charge in [0.15, 0.2) is 0 Å². The molecule has 0 aliphatic rings. The third-order valence-corrected chi connectivity index (χ3v) is 2.93.